The van der Waals surface area contributed by atoms with E-state index in [0.717, 1.165) is 27.7 Å². The number of nitrogens with zero attached hydrogens (tertiary/aromatic N) is 2. The van der Waals surface area contributed by atoms with E-state index in [1.54, 1.807) is 0 Å². The summed E-state index contributed by atoms with van der Waals surface area (Å²) in [4.78, 5) is 25.1. The SMILES string of the molecule is CC(C)(C)N(C(=O)O)[C@H](Cc1c[nH]c2cc(Cl)ccc12)c1nc(-c2ccccc2)c[nH]1. The smallest absolute Gasteiger partial charge is 0.408 e. The highest BCUT2D eigenvalue weighted by Gasteiger charge is 2.36. The molecule has 0 fully saturated rings. The van der Waals surface area contributed by atoms with Crippen LogP contribution in [0.5, 0.6) is 0 Å². The van der Waals surface area contributed by atoms with Crippen LogP contribution in [0.3, 0.4) is 0 Å². The highest BCUT2D eigenvalue weighted by atomic mass is 35.5. The van der Waals surface area contributed by atoms with Crippen LogP contribution < -0.4 is 0 Å². The monoisotopic (exact) mass is 436 g/mol. The summed E-state index contributed by atoms with van der Waals surface area (Å²) in [6.07, 6.45) is 3.22. The molecule has 0 saturated heterocycles. The van der Waals surface area contributed by atoms with E-state index in [2.05, 4.69) is 9.97 Å². The lowest BCUT2D eigenvalue weighted by Crippen LogP contribution is -2.48. The first-order valence-corrected chi connectivity index (χ1v) is 10.5. The summed E-state index contributed by atoms with van der Waals surface area (Å²) in [5.74, 6) is 0.611. The molecule has 0 bridgehead atoms. The first kappa shape index (κ1) is 21.0. The molecule has 3 N–H and O–H groups in total. The molecule has 0 aliphatic heterocycles. The molecule has 0 spiro atoms. The van der Waals surface area contributed by atoms with Crippen molar-refractivity contribution in [2.75, 3.05) is 0 Å². The molecule has 0 unspecified atom stereocenters. The fourth-order valence-electron chi connectivity index (χ4n) is 4.00. The summed E-state index contributed by atoms with van der Waals surface area (Å²) in [6.45, 7) is 5.68. The van der Waals surface area contributed by atoms with Crippen molar-refractivity contribution in [3.05, 3.63) is 77.3 Å². The van der Waals surface area contributed by atoms with Gasteiger partial charge in [-0.05, 0) is 38.5 Å². The maximum atomic E-state index is 12.3. The summed E-state index contributed by atoms with van der Waals surface area (Å²) in [7, 11) is 0. The summed E-state index contributed by atoms with van der Waals surface area (Å²) in [5, 5.41) is 11.8. The van der Waals surface area contributed by atoms with Crippen molar-refractivity contribution in [2.45, 2.75) is 38.8 Å². The number of nitrogens with one attached hydrogen (secondary N) is 2. The van der Waals surface area contributed by atoms with E-state index in [0.29, 0.717) is 17.3 Å². The Kier molecular flexibility index (Phi) is 5.50. The minimum absolute atomic E-state index is 0.465. The molecule has 0 aliphatic rings. The zero-order valence-electron chi connectivity index (χ0n) is 17.7. The van der Waals surface area contributed by atoms with Gasteiger partial charge in [-0.2, -0.15) is 0 Å². The number of halogens is 1. The van der Waals surface area contributed by atoms with E-state index < -0.39 is 17.7 Å². The van der Waals surface area contributed by atoms with Gasteiger partial charge in [-0.15, -0.1) is 0 Å². The van der Waals surface area contributed by atoms with Gasteiger partial charge in [0.2, 0.25) is 0 Å². The topological polar surface area (TPSA) is 85.0 Å². The fraction of sp³-hybridized carbons (Fsp3) is 0.250. The van der Waals surface area contributed by atoms with Gasteiger partial charge in [0, 0.05) is 45.8 Å². The molecule has 4 aromatic rings. The number of aromatic nitrogens is 3. The Balaban J connectivity index is 1.78. The molecule has 2 heterocycles. The van der Waals surface area contributed by atoms with Crippen LogP contribution in [-0.4, -0.2) is 36.6 Å². The third-order valence-corrected chi connectivity index (χ3v) is 5.60. The summed E-state index contributed by atoms with van der Waals surface area (Å²) in [6, 6.07) is 15.0. The van der Waals surface area contributed by atoms with E-state index in [1.807, 2.05) is 81.7 Å². The fourth-order valence-corrected chi connectivity index (χ4v) is 4.17. The first-order chi connectivity index (χ1) is 14.7. The lowest BCUT2D eigenvalue weighted by atomic mass is 9.97. The van der Waals surface area contributed by atoms with Crippen LogP contribution in [0.4, 0.5) is 4.79 Å². The van der Waals surface area contributed by atoms with Crippen LogP contribution in [0, 0.1) is 0 Å². The Morgan fingerprint density at radius 1 is 1.13 bits per heavy atom. The van der Waals surface area contributed by atoms with Crippen molar-refractivity contribution in [3.63, 3.8) is 0 Å². The predicted octanol–water partition coefficient (Wildman–Crippen LogP) is 6.27. The second kappa shape index (κ2) is 8.12. The zero-order chi connectivity index (χ0) is 22.2. The molecular formula is C24H25ClN4O2. The molecule has 31 heavy (non-hydrogen) atoms. The van der Waals surface area contributed by atoms with Crippen LogP contribution in [0.2, 0.25) is 5.02 Å². The average molecular weight is 437 g/mol. The van der Waals surface area contributed by atoms with Crippen molar-refractivity contribution >= 4 is 28.6 Å². The average Bonchev–Trinajstić information content (AvgIpc) is 3.34. The van der Waals surface area contributed by atoms with Crippen molar-refractivity contribution in [3.8, 4) is 11.3 Å². The highest BCUT2D eigenvalue weighted by Crippen LogP contribution is 2.33. The number of H-pyrrole nitrogens is 2. The number of hydrogen-bond donors (Lipinski definition) is 3. The molecule has 6 nitrogen and oxygen atoms in total. The van der Waals surface area contributed by atoms with Crippen LogP contribution >= 0.6 is 11.6 Å². The predicted molar refractivity (Wildman–Crippen MR) is 123 cm³/mol. The number of carboxylic acid groups (broad SMARTS) is 1. The number of benzene rings is 2. The van der Waals surface area contributed by atoms with Gasteiger partial charge in [-0.3, -0.25) is 4.90 Å². The van der Waals surface area contributed by atoms with E-state index >= 15 is 0 Å². The molecule has 1 amide bonds. The van der Waals surface area contributed by atoms with E-state index in [-0.39, 0.29) is 0 Å². The van der Waals surface area contributed by atoms with Gasteiger partial charge >= 0.3 is 6.09 Å². The number of imidazole rings is 1. The number of amides is 1. The second-order valence-electron chi connectivity index (χ2n) is 8.58. The van der Waals surface area contributed by atoms with Gasteiger partial charge in [0.25, 0.3) is 0 Å². The van der Waals surface area contributed by atoms with Gasteiger partial charge < -0.3 is 15.1 Å². The van der Waals surface area contributed by atoms with Crippen molar-refractivity contribution < 1.29 is 9.90 Å². The lowest BCUT2D eigenvalue weighted by molar-refractivity contribution is 0.0671. The maximum absolute atomic E-state index is 12.3. The van der Waals surface area contributed by atoms with Crippen molar-refractivity contribution in [1.82, 2.24) is 19.9 Å². The molecule has 0 radical (unpaired) electrons. The minimum Gasteiger partial charge on any atom is -0.465 e. The molecule has 2 aromatic carbocycles. The molecule has 0 aliphatic carbocycles. The van der Waals surface area contributed by atoms with Gasteiger partial charge in [0.15, 0.2) is 0 Å². The quantitative estimate of drug-likeness (QED) is 0.344. The Bertz CT molecular complexity index is 1210. The highest BCUT2D eigenvalue weighted by molar-refractivity contribution is 6.31. The second-order valence-corrected chi connectivity index (χ2v) is 9.02. The van der Waals surface area contributed by atoms with E-state index in [9.17, 15) is 9.90 Å². The lowest BCUT2D eigenvalue weighted by Gasteiger charge is -2.38. The van der Waals surface area contributed by atoms with Gasteiger partial charge in [-0.25, -0.2) is 9.78 Å². The maximum Gasteiger partial charge on any atom is 0.408 e. The van der Waals surface area contributed by atoms with Crippen molar-refractivity contribution in [2.24, 2.45) is 0 Å². The molecule has 7 heteroatoms. The zero-order valence-corrected chi connectivity index (χ0v) is 18.4. The third kappa shape index (κ3) is 4.30. The summed E-state index contributed by atoms with van der Waals surface area (Å²) < 4.78 is 0. The Hall–Kier alpha value is -3.25. The number of carbonyl (C=O) groups is 1. The van der Waals surface area contributed by atoms with Crippen molar-refractivity contribution in [1.29, 1.82) is 0 Å². The van der Waals surface area contributed by atoms with Gasteiger partial charge in [0.05, 0.1) is 11.7 Å². The molecular weight excluding hydrogens is 412 g/mol. The number of fused-ring (bicyclic) bond motifs is 1. The summed E-state index contributed by atoms with van der Waals surface area (Å²) in [5.41, 5.74) is 3.06. The van der Waals surface area contributed by atoms with Gasteiger partial charge in [0.1, 0.15) is 5.82 Å². The molecule has 2 aromatic heterocycles. The standard InChI is InChI=1S/C24H25ClN4O2/c1-24(2,3)29(23(30)31)21(11-16-13-26-19-12-17(25)9-10-18(16)19)22-27-14-20(28-22)15-7-5-4-6-8-15/h4-10,12-14,21,26H,11H2,1-3H3,(H,27,28)(H,30,31)/t21-/m1/s1. The normalized spacial score (nSPS) is 12.8. The Morgan fingerprint density at radius 3 is 2.55 bits per heavy atom. The van der Waals surface area contributed by atoms with Crippen LogP contribution in [-0.2, 0) is 6.42 Å². The Labute approximate surface area is 185 Å². The molecule has 160 valence electrons. The van der Waals surface area contributed by atoms with Crippen LogP contribution in [0.1, 0.15) is 38.2 Å². The van der Waals surface area contributed by atoms with E-state index in [1.165, 1.54) is 4.90 Å². The number of rotatable bonds is 5. The third-order valence-electron chi connectivity index (χ3n) is 5.37. The number of hydrogen-bond acceptors (Lipinski definition) is 2. The summed E-state index contributed by atoms with van der Waals surface area (Å²) >= 11 is 6.12. The Morgan fingerprint density at radius 2 is 1.87 bits per heavy atom. The molecule has 0 saturated carbocycles. The van der Waals surface area contributed by atoms with Crippen LogP contribution in [0.25, 0.3) is 22.2 Å². The van der Waals surface area contributed by atoms with E-state index in [4.69, 9.17) is 16.6 Å². The largest absolute Gasteiger partial charge is 0.465 e. The first-order valence-electron chi connectivity index (χ1n) is 10.1. The molecule has 4 rings (SSSR count). The van der Waals surface area contributed by atoms with Crippen LogP contribution in [0.15, 0.2) is 60.9 Å². The minimum atomic E-state index is -0.988. The molecule has 1 atom stereocenters. The van der Waals surface area contributed by atoms with Gasteiger partial charge in [-0.1, -0.05) is 48.0 Å². The number of aromatic amines is 2.